The number of nitrogens with zero attached hydrogens (tertiary/aromatic N) is 2. The van der Waals surface area contributed by atoms with E-state index < -0.39 is 6.23 Å². The van der Waals surface area contributed by atoms with Gasteiger partial charge >= 0.3 is 0 Å². The highest BCUT2D eigenvalue weighted by Crippen LogP contribution is 2.15. The van der Waals surface area contributed by atoms with Crippen LogP contribution in [0.25, 0.3) is 0 Å². The van der Waals surface area contributed by atoms with Crippen molar-refractivity contribution in [2.45, 2.75) is 32.4 Å². The SMILES string of the molecule is CCC1C(=O)NC(N2CCN(Cc3ccccc3)CC2)NC1O. The maximum absolute atomic E-state index is 12.0. The molecule has 2 aliphatic rings. The predicted octanol–water partition coefficient (Wildman–Crippen LogP) is 0.152. The standard InChI is InChI=1S/C17H26N4O2/c1-2-14-15(22)18-17(19-16(14)23)21-10-8-20(9-11-21)12-13-6-4-3-5-7-13/h3-7,14-15,17-18,22H,2,8-12H2,1H3,(H,19,23). The molecule has 3 rings (SSSR count). The molecule has 6 nitrogen and oxygen atoms in total. The fraction of sp³-hybridized carbons (Fsp3) is 0.588. The number of aliphatic hydroxyl groups excluding tert-OH is 1. The van der Waals surface area contributed by atoms with E-state index in [4.69, 9.17) is 0 Å². The van der Waals surface area contributed by atoms with Crippen molar-refractivity contribution in [2.75, 3.05) is 26.2 Å². The summed E-state index contributed by atoms with van der Waals surface area (Å²) in [6.45, 7) is 6.52. The summed E-state index contributed by atoms with van der Waals surface area (Å²) in [6.07, 6.45) is -0.391. The van der Waals surface area contributed by atoms with Crippen LogP contribution in [0.1, 0.15) is 18.9 Å². The summed E-state index contributed by atoms with van der Waals surface area (Å²) in [5.74, 6) is -0.416. The highest BCUT2D eigenvalue weighted by atomic mass is 16.3. The van der Waals surface area contributed by atoms with E-state index in [0.717, 1.165) is 32.7 Å². The summed E-state index contributed by atoms with van der Waals surface area (Å²) in [6, 6.07) is 10.5. The molecule has 3 atom stereocenters. The zero-order chi connectivity index (χ0) is 16.2. The number of carbonyl (C=O) groups is 1. The zero-order valence-corrected chi connectivity index (χ0v) is 13.6. The van der Waals surface area contributed by atoms with E-state index in [1.807, 2.05) is 13.0 Å². The molecule has 0 spiro atoms. The van der Waals surface area contributed by atoms with Crippen LogP contribution in [0.5, 0.6) is 0 Å². The second-order valence-corrected chi connectivity index (χ2v) is 6.34. The van der Waals surface area contributed by atoms with Gasteiger partial charge in [0.2, 0.25) is 5.91 Å². The van der Waals surface area contributed by atoms with Crippen LogP contribution < -0.4 is 10.6 Å². The molecular weight excluding hydrogens is 292 g/mol. The Morgan fingerprint density at radius 2 is 1.87 bits per heavy atom. The lowest BCUT2D eigenvalue weighted by atomic mass is 10.0. The fourth-order valence-corrected chi connectivity index (χ4v) is 3.33. The monoisotopic (exact) mass is 318 g/mol. The van der Waals surface area contributed by atoms with Gasteiger partial charge in [-0.05, 0) is 12.0 Å². The molecule has 3 N–H and O–H groups in total. The quantitative estimate of drug-likeness (QED) is 0.737. The van der Waals surface area contributed by atoms with Gasteiger partial charge in [-0.1, -0.05) is 37.3 Å². The Kier molecular flexibility index (Phi) is 5.27. The predicted molar refractivity (Wildman–Crippen MR) is 88.1 cm³/mol. The van der Waals surface area contributed by atoms with Gasteiger partial charge in [0.15, 0.2) is 0 Å². The third-order valence-electron chi connectivity index (χ3n) is 4.79. The molecule has 1 aromatic rings. The Morgan fingerprint density at radius 3 is 2.48 bits per heavy atom. The molecule has 2 fully saturated rings. The third-order valence-corrected chi connectivity index (χ3v) is 4.79. The summed E-state index contributed by atoms with van der Waals surface area (Å²) >= 11 is 0. The van der Waals surface area contributed by atoms with Gasteiger partial charge in [-0.3, -0.25) is 19.9 Å². The first-order valence-corrected chi connectivity index (χ1v) is 8.42. The topological polar surface area (TPSA) is 67.8 Å². The average Bonchev–Trinajstić information content (AvgIpc) is 2.56. The smallest absolute Gasteiger partial charge is 0.229 e. The van der Waals surface area contributed by atoms with Gasteiger partial charge in [0.25, 0.3) is 0 Å². The molecule has 1 amide bonds. The minimum Gasteiger partial charge on any atom is -0.378 e. The summed E-state index contributed by atoms with van der Waals surface area (Å²) in [7, 11) is 0. The van der Waals surface area contributed by atoms with Crippen molar-refractivity contribution in [3.63, 3.8) is 0 Å². The fourth-order valence-electron chi connectivity index (χ4n) is 3.33. The van der Waals surface area contributed by atoms with Crippen LogP contribution in [-0.4, -0.2) is 59.5 Å². The van der Waals surface area contributed by atoms with Crippen LogP contribution in [0, 0.1) is 5.92 Å². The number of carbonyl (C=O) groups excluding carboxylic acids is 1. The minimum atomic E-state index is -0.763. The third kappa shape index (κ3) is 3.90. The van der Waals surface area contributed by atoms with Crippen molar-refractivity contribution in [1.29, 1.82) is 0 Å². The van der Waals surface area contributed by atoms with Gasteiger partial charge in [-0.15, -0.1) is 0 Å². The van der Waals surface area contributed by atoms with Gasteiger partial charge < -0.3 is 10.4 Å². The normalized spacial score (nSPS) is 30.2. The Bertz CT molecular complexity index is 517. The van der Waals surface area contributed by atoms with E-state index in [1.54, 1.807) is 0 Å². The molecule has 0 aromatic heterocycles. The van der Waals surface area contributed by atoms with Crippen molar-refractivity contribution in [3.8, 4) is 0 Å². The average molecular weight is 318 g/mol. The molecule has 0 radical (unpaired) electrons. The second kappa shape index (κ2) is 7.40. The molecule has 2 saturated heterocycles. The Hall–Kier alpha value is -1.47. The summed E-state index contributed by atoms with van der Waals surface area (Å²) in [5.41, 5.74) is 1.33. The first-order chi connectivity index (χ1) is 11.2. The van der Waals surface area contributed by atoms with Gasteiger partial charge in [-0.25, -0.2) is 0 Å². The lowest BCUT2D eigenvalue weighted by molar-refractivity contribution is -0.140. The van der Waals surface area contributed by atoms with E-state index in [-0.39, 0.29) is 18.1 Å². The largest absolute Gasteiger partial charge is 0.378 e. The number of piperazine rings is 1. The summed E-state index contributed by atoms with van der Waals surface area (Å²) < 4.78 is 0. The number of rotatable bonds is 4. The van der Waals surface area contributed by atoms with E-state index in [1.165, 1.54) is 5.56 Å². The van der Waals surface area contributed by atoms with Crippen LogP contribution in [0.15, 0.2) is 30.3 Å². The number of amides is 1. The van der Waals surface area contributed by atoms with Crippen molar-refractivity contribution in [2.24, 2.45) is 5.92 Å². The van der Waals surface area contributed by atoms with Crippen LogP contribution in [-0.2, 0) is 11.3 Å². The number of benzene rings is 1. The zero-order valence-electron chi connectivity index (χ0n) is 13.6. The van der Waals surface area contributed by atoms with E-state index in [9.17, 15) is 9.90 Å². The number of hydrogen-bond acceptors (Lipinski definition) is 5. The Morgan fingerprint density at radius 1 is 1.17 bits per heavy atom. The molecule has 0 saturated carbocycles. The molecule has 126 valence electrons. The summed E-state index contributed by atoms with van der Waals surface area (Å²) in [4.78, 5) is 16.7. The molecule has 1 aromatic carbocycles. The number of hydrogen-bond donors (Lipinski definition) is 3. The number of nitrogens with one attached hydrogen (secondary N) is 2. The molecule has 2 aliphatic heterocycles. The molecule has 2 heterocycles. The van der Waals surface area contributed by atoms with Gasteiger partial charge in [0.05, 0.1) is 5.92 Å². The van der Waals surface area contributed by atoms with Crippen molar-refractivity contribution in [1.82, 2.24) is 20.4 Å². The van der Waals surface area contributed by atoms with Crippen molar-refractivity contribution >= 4 is 5.91 Å². The maximum atomic E-state index is 12.0. The lowest BCUT2D eigenvalue weighted by Crippen LogP contribution is -2.69. The van der Waals surface area contributed by atoms with Gasteiger partial charge in [-0.2, -0.15) is 0 Å². The first-order valence-electron chi connectivity index (χ1n) is 8.42. The van der Waals surface area contributed by atoms with Crippen molar-refractivity contribution < 1.29 is 9.90 Å². The van der Waals surface area contributed by atoms with Crippen molar-refractivity contribution in [3.05, 3.63) is 35.9 Å². The molecule has 3 unspecified atom stereocenters. The highest BCUT2D eigenvalue weighted by Gasteiger charge is 2.36. The molecule has 23 heavy (non-hydrogen) atoms. The second-order valence-electron chi connectivity index (χ2n) is 6.34. The molecule has 0 aliphatic carbocycles. The first kappa shape index (κ1) is 16.4. The number of aliphatic hydroxyl groups is 1. The Balaban J connectivity index is 1.50. The van der Waals surface area contributed by atoms with Gasteiger partial charge in [0, 0.05) is 32.7 Å². The van der Waals surface area contributed by atoms with Gasteiger partial charge in [0.1, 0.15) is 12.5 Å². The minimum absolute atomic E-state index is 0.0598. The summed E-state index contributed by atoms with van der Waals surface area (Å²) in [5, 5.41) is 16.2. The van der Waals surface area contributed by atoms with Crippen LogP contribution >= 0.6 is 0 Å². The molecule has 6 heteroatoms. The van der Waals surface area contributed by atoms with E-state index in [2.05, 4.69) is 44.7 Å². The molecule has 0 bridgehead atoms. The van der Waals surface area contributed by atoms with E-state index >= 15 is 0 Å². The van der Waals surface area contributed by atoms with Crippen LogP contribution in [0.2, 0.25) is 0 Å². The lowest BCUT2D eigenvalue weighted by Gasteiger charge is -2.43. The molecular formula is C17H26N4O2. The highest BCUT2D eigenvalue weighted by molar-refractivity contribution is 5.80. The van der Waals surface area contributed by atoms with Crippen LogP contribution in [0.3, 0.4) is 0 Å². The maximum Gasteiger partial charge on any atom is 0.229 e. The van der Waals surface area contributed by atoms with E-state index in [0.29, 0.717) is 6.42 Å². The Labute approximate surface area is 137 Å². The van der Waals surface area contributed by atoms with Crippen LogP contribution in [0.4, 0.5) is 0 Å².